The van der Waals surface area contributed by atoms with Crippen LogP contribution in [0.2, 0.25) is 0 Å². The molecule has 0 aliphatic rings. The van der Waals surface area contributed by atoms with Gasteiger partial charge < -0.3 is 4.90 Å². The van der Waals surface area contributed by atoms with Crippen LogP contribution in [0.25, 0.3) is 77.2 Å². The Morgan fingerprint density at radius 2 is 0.579 bits per heavy atom. The van der Waals surface area contributed by atoms with E-state index in [9.17, 15) is 0 Å². The molecule has 0 fully saturated rings. The number of nitrogens with zero attached hydrogens (tertiary/aromatic N) is 1. The fraction of sp³-hybridized carbons (Fsp3) is 0. The van der Waals surface area contributed by atoms with Crippen molar-refractivity contribution in [2.45, 2.75) is 0 Å². The van der Waals surface area contributed by atoms with Gasteiger partial charge >= 0.3 is 0 Å². The van der Waals surface area contributed by atoms with Gasteiger partial charge in [-0.15, -0.1) is 0 Å². The maximum Gasteiger partial charge on any atom is 0.0618 e. The largest absolute Gasteiger partial charge is 0.308 e. The molecule has 1 nitrogen and oxygen atoms in total. The first-order valence-electron chi connectivity index (χ1n) is 19.6. The van der Waals surface area contributed by atoms with Crippen LogP contribution in [0.15, 0.2) is 237 Å². The first-order valence-corrected chi connectivity index (χ1v) is 19.6. The van der Waals surface area contributed by atoms with E-state index in [1.165, 1.54) is 43.8 Å². The van der Waals surface area contributed by atoms with E-state index in [0.717, 1.165) is 50.4 Å². The molecule has 0 aromatic heterocycles. The van der Waals surface area contributed by atoms with Crippen LogP contribution in [0.3, 0.4) is 0 Å². The summed E-state index contributed by atoms with van der Waals surface area (Å²) in [6, 6.07) is 85.8. The molecule has 10 rings (SSSR count). The van der Waals surface area contributed by atoms with E-state index in [1.807, 2.05) is 0 Å². The van der Waals surface area contributed by atoms with Crippen molar-refractivity contribution in [2.24, 2.45) is 0 Å². The molecule has 0 aliphatic heterocycles. The lowest BCUT2D eigenvalue weighted by Crippen LogP contribution is -2.14. The van der Waals surface area contributed by atoms with Crippen molar-refractivity contribution >= 4 is 38.6 Å². The molecule has 1 heteroatoms. The Morgan fingerprint density at radius 3 is 1.12 bits per heavy atom. The predicted octanol–water partition coefficient (Wildman–Crippen LogP) is 15.8. The lowest BCUT2D eigenvalue weighted by Gasteiger charge is -2.33. The monoisotopic (exact) mass is 725 g/mol. The van der Waals surface area contributed by atoms with Gasteiger partial charge in [-0.2, -0.15) is 0 Å². The summed E-state index contributed by atoms with van der Waals surface area (Å²) in [6.45, 7) is 0. The molecule has 0 saturated carbocycles. The average molecular weight is 726 g/mol. The van der Waals surface area contributed by atoms with E-state index in [-0.39, 0.29) is 0 Å². The first kappa shape index (κ1) is 34.0. The molecule has 0 unspecified atom stereocenters. The van der Waals surface area contributed by atoms with Crippen LogP contribution in [-0.2, 0) is 0 Å². The summed E-state index contributed by atoms with van der Waals surface area (Å²) >= 11 is 0. The van der Waals surface area contributed by atoms with Gasteiger partial charge in [0.05, 0.1) is 17.1 Å². The normalized spacial score (nSPS) is 11.2. The highest BCUT2D eigenvalue weighted by molar-refractivity contribution is 6.26. The molecular weight excluding hydrogens is 687 g/mol. The molecule has 268 valence electrons. The number of benzene rings is 10. The highest BCUT2D eigenvalue weighted by Gasteiger charge is 2.27. The zero-order chi connectivity index (χ0) is 38.0. The number of fused-ring (bicyclic) bond motifs is 3. The molecule has 0 saturated heterocycles. The molecule has 57 heavy (non-hydrogen) atoms. The first-order chi connectivity index (χ1) is 28.3. The topological polar surface area (TPSA) is 3.24 Å². The SMILES string of the molecule is c1ccc(-c2ccccc2N(c2c(-c3ccccc3)cccc2-c2ccccc2)c2cccc3c(-c4ccccc4)c(-c4ccccc4)c4ccccc4c23)cc1. The van der Waals surface area contributed by atoms with E-state index >= 15 is 0 Å². The molecule has 0 amide bonds. The summed E-state index contributed by atoms with van der Waals surface area (Å²) in [6.07, 6.45) is 0. The smallest absolute Gasteiger partial charge is 0.0618 e. The minimum atomic E-state index is 1.11. The van der Waals surface area contributed by atoms with Gasteiger partial charge in [-0.05, 0) is 67.2 Å². The molecule has 0 bridgehead atoms. The molecule has 10 aromatic carbocycles. The zero-order valence-electron chi connectivity index (χ0n) is 31.5. The quantitative estimate of drug-likeness (QED) is 0.141. The van der Waals surface area contributed by atoms with Crippen molar-refractivity contribution < 1.29 is 0 Å². The van der Waals surface area contributed by atoms with Crippen molar-refractivity contribution in [1.29, 1.82) is 0 Å². The van der Waals surface area contributed by atoms with Gasteiger partial charge in [0, 0.05) is 22.1 Å². The lowest BCUT2D eigenvalue weighted by molar-refractivity contribution is 1.30. The van der Waals surface area contributed by atoms with Crippen molar-refractivity contribution in [3.8, 4) is 55.6 Å². The third-order valence-corrected chi connectivity index (χ3v) is 11.1. The Balaban J connectivity index is 1.41. The highest BCUT2D eigenvalue weighted by Crippen LogP contribution is 2.53. The summed E-state index contributed by atoms with van der Waals surface area (Å²) in [7, 11) is 0. The lowest BCUT2D eigenvalue weighted by atomic mass is 9.84. The summed E-state index contributed by atoms with van der Waals surface area (Å²) in [4.78, 5) is 2.55. The second-order valence-electron chi connectivity index (χ2n) is 14.4. The molecule has 0 atom stereocenters. The molecule has 10 aromatic rings. The van der Waals surface area contributed by atoms with Gasteiger partial charge in [-0.1, -0.05) is 224 Å². The van der Waals surface area contributed by atoms with Crippen LogP contribution in [0, 0.1) is 0 Å². The van der Waals surface area contributed by atoms with Crippen molar-refractivity contribution in [2.75, 3.05) is 4.90 Å². The molecular formula is C56H39N. The maximum absolute atomic E-state index is 2.55. The molecule has 0 radical (unpaired) electrons. The summed E-state index contributed by atoms with van der Waals surface area (Å²) in [5.74, 6) is 0. The van der Waals surface area contributed by atoms with Gasteiger partial charge in [0.1, 0.15) is 0 Å². The number of hydrogen-bond donors (Lipinski definition) is 0. The summed E-state index contributed by atoms with van der Waals surface area (Å²) < 4.78 is 0. The molecule has 0 aliphatic carbocycles. The maximum atomic E-state index is 2.55. The van der Waals surface area contributed by atoms with E-state index in [2.05, 4.69) is 241 Å². The second kappa shape index (κ2) is 15.0. The van der Waals surface area contributed by atoms with Crippen LogP contribution < -0.4 is 4.90 Å². The third kappa shape index (κ3) is 6.16. The van der Waals surface area contributed by atoms with Gasteiger partial charge in [-0.25, -0.2) is 0 Å². The van der Waals surface area contributed by atoms with E-state index in [1.54, 1.807) is 0 Å². The van der Waals surface area contributed by atoms with Crippen LogP contribution in [0.5, 0.6) is 0 Å². The number of anilines is 3. The minimum Gasteiger partial charge on any atom is -0.308 e. The molecule has 0 N–H and O–H groups in total. The standard InChI is InChI=1S/C56H39N/c1-6-22-40(23-7-1)45-32-18-19-38-51(45)57(56-46(41-24-8-2-9-25-41)35-20-36-47(56)42-26-10-3-11-27-42)52-39-21-37-50-54(44-30-14-5-15-31-44)53(43-28-12-4-13-29-43)48-33-16-17-34-49(48)55(50)52/h1-39H. The molecule has 0 spiro atoms. The second-order valence-corrected chi connectivity index (χ2v) is 14.4. The fourth-order valence-corrected chi connectivity index (χ4v) is 8.60. The van der Waals surface area contributed by atoms with Crippen LogP contribution in [0.1, 0.15) is 0 Å². The van der Waals surface area contributed by atoms with E-state index < -0.39 is 0 Å². The van der Waals surface area contributed by atoms with Crippen molar-refractivity contribution in [3.63, 3.8) is 0 Å². The number of rotatable bonds is 8. The Kier molecular flexibility index (Phi) is 8.95. The summed E-state index contributed by atoms with van der Waals surface area (Å²) in [5, 5.41) is 4.84. The Bertz CT molecular complexity index is 2920. The fourth-order valence-electron chi connectivity index (χ4n) is 8.60. The Hall–Kier alpha value is -7.48. The number of hydrogen-bond acceptors (Lipinski definition) is 1. The van der Waals surface area contributed by atoms with Crippen molar-refractivity contribution in [1.82, 2.24) is 0 Å². The highest BCUT2D eigenvalue weighted by atomic mass is 15.2. The molecule has 0 heterocycles. The summed E-state index contributed by atoms with van der Waals surface area (Å²) in [5.41, 5.74) is 15.2. The van der Waals surface area contributed by atoms with Crippen LogP contribution in [0.4, 0.5) is 17.1 Å². The third-order valence-electron chi connectivity index (χ3n) is 11.1. The average Bonchev–Trinajstić information content (AvgIpc) is 3.30. The van der Waals surface area contributed by atoms with Crippen LogP contribution >= 0.6 is 0 Å². The zero-order valence-corrected chi connectivity index (χ0v) is 31.5. The Labute approximate surface area is 334 Å². The van der Waals surface area contributed by atoms with Crippen LogP contribution in [-0.4, -0.2) is 0 Å². The van der Waals surface area contributed by atoms with Crippen molar-refractivity contribution in [3.05, 3.63) is 237 Å². The predicted molar refractivity (Wildman–Crippen MR) is 243 cm³/mol. The van der Waals surface area contributed by atoms with Gasteiger partial charge in [0.15, 0.2) is 0 Å². The Morgan fingerprint density at radius 1 is 0.228 bits per heavy atom. The van der Waals surface area contributed by atoms with Gasteiger partial charge in [-0.3, -0.25) is 0 Å². The van der Waals surface area contributed by atoms with E-state index in [4.69, 9.17) is 0 Å². The van der Waals surface area contributed by atoms with Gasteiger partial charge in [0.2, 0.25) is 0 Å². The number of para-hydroxylation sites is 2. The minimum absolute atomic E-state index is 1.11. The van der Waals surface area contributed by atoms with Gasteiger partial charge in [0.25, 0.3) is 0 Å². The van der Waals surface area contributed by atoms with E-state index in [0.29, 0.717) is 0 Å².